The first kappa shape index (κ1) is 14.5. The van der Waals surface area contributed by atoms with Crippen molar-refractivity contribution in [1.29, 1.82) is 0 Å². The first-order valence-electron chi connectivity index (χ1n) is 6.52. The monoisotopic (exact) mass is 314 g/mol. The minimum atomic E-state index is -0.844. The molecule has 0 saturated carbocycles. The number of nitrogens with two attached hydrogens (primary N) is 1. The van der Waals surface area contributed by atoms with Gasteiger partial charge in [-0.1, -0.05) is 5.16 Å². The van der Waals surface area contributed by atoms with Gasteiger partial charge < -0.3 is 20.3 Å². The summed E-state index contributed by atoms with van der Waals surface area (Å²) in [6, 6.07) is 8.09. The molecule has 2 heterocycles. The van der Waals surface area contributed by atoms with E-state index in [0.717, 1.165) is 6.07 Å². The fourth-order valence-electron chi connectivity index (χ4n) is 1.89. The summed E-state index contributed by atoms with van der Waals surface area (Å²) < 4.78 is 24.2. The molecular formula is C15H11FN4O3. The number of primary amides is 1. The minimum Gasteiger partial charge on any atom is -0.457 e. The highest BCUT2D eigenvalue weighted by Crippen LogP contribution is 2.27. The molecule has 3 aromatic rings. The van der Waals surface area contributed by atoms with Crippen LogP contribution in [-0.4, -0.2) is 16.2 Å². The maximum absolute atomic E-state index is 13.8. The van der Waals surface area contributed by atoms with Crippen molar-refractivity contribution in [2.24, 2.45) is 5.73 Å². The molecular weight excluding hydrogens is 303 g/mol. The number of urea groups is 1. The van der Waals surface area contributed by atoms with Crippen molar-refractivity contribution in [3.05, 3.63) is 54.7 Å². The zero-order valence-corrected chi connectivity index (χ0v) is 11.7. The third-order valence-electron chi connectivity index (χ3n) is 2.87. The van der Waals surface area contributed by atoms with Crippen LogP contribution in [0.25, 0.3) is 11.4 Å². The van der Waals surface area contributed by atoms with E-state index < -0.39 is 11.8 Å². The number of amides is 2. The number of carbonyl (C=O) groups is 1. The topological polar surface area (TPSA) is 103 Å². The van der Waals surface area contributed by atoms with Gasteiger partial charge in [0.2, 0.25) is 0 Å². The third kappa shape index (κ3) is 3.43. The third-order valence-corrected chi connectivity index (χ3v) is 2.87. The van der Waals surface area contributed by atoms with E-state index in [9.17, 15) is 9.18 Å². The molecule has 1 aromatic carbocycles. The summed E-state index contributed by atoms with van der Waals surface area (Å²) in [5.41, 5.74) is 6.04. The average Bonchev–Trinajstić information content (AvgIpc) is 3.04. The number of pyridine rings is 1. The van der Waals surface area contributed by atoms with E-state index in [-0.39, 0.29) is 11.4 Å². The van der Waals surface area contributed by atoms with Gasteiger partial charge in [-0.25, -0.2) is 9.18 Å². The Kier molecular flexibility index (Phi) is 3.88. The van der Waals surface area contributed by atoms with E-state index in [0.29, 0.717) is 17.1 Å². The molecule has 3 N–H and O–H groups in total. The van der Waals surface area contributed by atoms with E-state index in [1.54, 1.807) is 24.4 Å². The molecule has 8 heteroatoms. The normalized spacial score (nSPS) is 10.3. The molecule has 0 aliphatic carbocycles. The second kappa shape index (κ2) is 6.14. The van der Waals surface area contributed by atoms with Crippen molar-refractivity contribution in [2.75, 3.05) is 5.32 Å². The maximum Gasteiger partial charge on any atom is 0.316 e. The Morgan fingerprint density at radius 1 is 1.17 bits per heavy atom. The van der Waals surface area contributed by atoms with Gasteiger partial charge in [0.25, 0.3) is 0 Å². The lowest BCUT2D eigenvalue weighted by molar-refractivity contribution is 0.259. The van der Waals surface area contributed by atoms with Gasteiger partial charge in [0.15, 0.2) is 0 Å². The fraction of sp³-hybridized carbons (Fsp3) is 0. The van der Waals surface area contributed by atoms with Gasteiger partial charge >= 0.3 is 6.03 Å². The molecule has 3 rings (SSSR count). The van der Waals surface area contributed by atoms with Crippen molar-refractivity contribution >= 4 is 11.7 Å². The van der Waals surface area contributed by atoms with Gasteiger partial charge in [-0.05, 0) is 18.2 Å². The van der Waals surface area contributed by atoms with Crippen LogP contribution < -0.4 is 15.8 Å². The molecule has 0 bridgehead atoms. The summed E-state index contributed by atoms with van der Waals surface area (Å²) in [4.78, 5) is 14.9. The van der Waals surface area contributed by atoms with Gasteiger partial charge in [-0.2, -0.15) is 0 Å². The standard InChI is InChI=1S/C15H11FN4O3/c16-11-7-9(1-2-12(11)19-15(17)21)23-10-3-5-18-14(8-10)13-4-6-22-20-13/h1-8H,(H3,17,19,21). The number of anilines is 1. The largest absolute Gasteiger partial charge is 0.457 e. The van der Waals surface area contributed by atoms with Gasteiger partial charge in [0.1, 0.15) is 29.3 Å². The summed E-state index contributed by atoms with van der Waals surface area (Å²) in [6.07, 6.45) is 2.98. The molecule has 0 spiro atoms. The maximum atomic E-state index is 13.8. The molecule has 7 nitrogen and oxygen atoms in total. The van der Waals surface area contributed by atoms with E-state index in [1.165, 1.54) is 18.4 Å². The summed E-state index contributed by atoms with van der Waals surface area (Å²) in [5.74, 6) is 0.0508. The molecule has 2 amide bonds. The molecule has 0 aliphatic rings. The number of hydrogen-bond donors (Lipinski definition) is 2. The van der Waals surface area contributed by atoms with Crippen molar-refractivity contribution in [3.63, 3.8) is 0 Å². The molecule has 2 aromatic heterocycles. The van der Waals surface area contributed by atoms with Gasteiger partial charge in [0, 0.05) is 24.4 Å². The van der Waals surface area contributed by atoms with Gasteiger partial charge in [0.05, 0.1) is 11.4 Å². The SMILES string of the molecule is NC(=O)Nc1ccc(Oc2ccnc(-c3ccon3)c2)cc1F. The number of nitrogens with zero attached hydrogens (tertiary/aromatic N) is 2. The molecule has 0 radical (unpaired) electrons. The van der Waals surface area contributed by atoms with Crippen LogP contribution >= 0.6 is 0 Å². The van der Waals surface area contributed by atoms with Crippen LogP contribution in [0.15, 0.2) is 53.4 Å². The minimum absolute atomic E-state index is 0.0251. The lowest BCUT2D eigenvalue weighted by Crippen LogP contribution is -2.19. The first-order valence-corrected chi connectivity index (χ1v) is 6.52. The summed E-state index contributed by atoms with van der Waals surface area (Å²) in [7, 11) is 0. The quantitative estimate of drug-likeness (QED) is 0.770. The number of halogens is 1. The van der Waals surface area contributed by atoms with E-state index in [2.05, 4.69) is 15.5 Å². The summed E-state index contributed by atoms with van der Waals surface area (Å²) in [6.45, 7) is 0. The lowest BCUT2D eigenvalue weighted by Gasteiger charge is -2.08. The van der Waals surface area contributed by atoms with E-state index in [4.69, 9.17) is 15.0 Å². The number of ether oxygens (including phenoxy) is 1. The van der Waals surface area contributed by atoms with Crippen molar-refractivity contribution < 1.29 is 18.4 Å². The molecule has 116 valence electrons. The first-order chi connectivity index (χ1) is 11.1. The van der Waals surface area contributed by atoms with Crippen molar-refractivity contribution in [3.8, 4) is 22.9 Å². The molecule has 0 atom stereocenters. The Balaban J connectivity index is 1.81. The van der Waals surface area contributed by atoms with Crippen LogP contribution in [0.5, 0.6) is 11.5 Å². The smallest absolute Gasteiger partial charge is 0.316 e. The lowest BCUT2D eigenvalue weighted by atomic mass is 10.2. The van der Waals surface area contributed by atoms with Crippen LogP contribution in [-0.2, 0) is 0 Å². The van der Waals surface area contributed by atoms with Crippen molar-refractivity contribution in [1.82, 2.24) is 10.1 Å². The highest BCUT2D eigenvalue weighted by molar-refractivity contribution is 5.87. The number of hydrogen-bond acceptors (Lipinski definition) is 5. The highest BCUT2D eigenvalue weighted by Gasteiger charge is 2.08. The van der Waals surface area contributed by atoms with Crippen molar-refractivity contribution in [2.45, 2.75) is 0 Å². The molecule has 0 unspecified atom stereocenters. The van der Waals surface area contributed by atoms with Crippen LogP contribution in [0.3, 0.4) is 0 Å². The number of nitrogens with one attached hydrogen (secondary N) is 1. The predicted molar refractivity (Wildman–Crippen MR) is 79.4 cm³/mol. The van der Waals surface area contributed by atoms with Crippen LogP contribution in [0.4, 0.5) is 14.9 Å². The van der Waals surface area contributed by atoms with Gasteiger partial charge in [-0.3, -0.25) is 4.98 Å². The Morgan fingerprint density at radius 3 is 2.70 bits per heavy atom. The van der Waals surface area contributed by atoms with E-state index >= 15 is 0 Å². The second-order valence-electron chi connectivity index (χ2n) is 4.49. The number of benzene rings is 1. The number of carbonyl (C=O) groups excluding carboxylic acids is 1. The summed E-state index contributed by atoms with van der Waals surface area (Å²) >= 11 is 0. The predicted octanol–water partition coefficient (Wildman–Crippen LogP) is 3.16. The Labute approximate surface area is 129 Å². The number of rotatable bonds is 4. The summed E-state index contributed by atoms with van der Waals surface area (Å²) in [5, 5.41) is 5.95. The second-order valence-corrected chi connectivity index (χ2v) is 4.49. The van der Waals surface area contributed by atoms with Gasteiger partial charge in [-0.15, -0.1) is 0 Å². The van der Waals surface area contributed by atoms with Crippen LogP contribution in [0, 0.1) is 5.82 Å². The highest BCUT2D eigenvalue weighted by atomic mass is 19.1. The molecule has 23 heavy (non-hydrogen) atoms. The zero-order chi connectivity index (χ0) is 16.2. The van der Waals surface area contributed by atoms with Crippen LogP contribution in [0.1, 0.15) is 0 Å². The number of aromatic nitrogens is 2. The van der Waals surface area contributed by atoms with E-state index in [1.807, 2.05) is 0 Å². The van der Waals surface area contributed by atoms with Crippen LogP contribution in [0.2, 0.25) is 0 Å². The zero-order valence-electron chi connectivity index (χ0n) is 11.7. The average molecular weight is 314 g/mol. The molecule has 0 aliphatic heterocycles. The Hall–Kier alpha value is -3.42. The Bertz CT molecular complexity index is 836. The Morgan fingerprint density at radius 2 is 2.00 bits per heavy atom. The molecule has 0 saturated heterocycles. The fourth-order valence-corrected chi connectivity index (χ4v) is 1.89. The molecule has 0 fully saturated rings.